The Kier molecular flexibility index (Phi) is 14.2. The van der Waals surface area contributed by atoms with Crippen molar-refractivity contribution in [3.8, 4) is 17.2 Å². The van der Waals surface area contributed by atoms with E-state index in [9.17, 15) is 9.90 Å². The second-order valence-corrected chi connectivity index (χ2v) is 18.7. The predicted octanol–water partition coefficient (Wildman–Crippen LogP) is 9.26. The number of carbonyl (C=O) groups is 1. The molecule has 5 aromatic carbocycles. The van der Waals surface area contributed by atoms with Crippen LogP contribution in [0.5, 0.6) is 17.2 Å². The van der Waals surface area contributed by atoms with Gasteiger partial charge in [-0.15, -0.1) is 0 Å². The van der Waals surface area contributed by atoms with Gasteiger partial charge in [0.2, 0.25) is 9.04 Å². The topological polar surface area (TPSA) is 86.3 Å². The van der Waals surface area contributed by atoms with Crippen LogP contribution in [0.15, 0.2) is 133 Å². The van der Waals surface area contributed by atoms with E-state index in [1.54, 1.807) is 0 Å². The van der Waals surface area contributed by atoms with Gasteiger partial charge in [-0.3, -0.25) is 0 Å². The highest BCUT2D eigenvalue weighted by Gasteiger charge is 2.49. The maximum atomic E-state index is 13.5. The number of benzene rings is 5. The minimum Gasteiger partial charge on any atom is -0.489 e. The largest absolute Gasteiger partial charge is 0.489 e. The molecule has 290 valence electrons. The molecule has 0 aliphatic carbocycles. The van der Waals surface area contributed by atoms with Crippen molar-refractivity contribution in [1.82, 2.24) is 5.32 Å². The Balaban J connectivity index is 1.30. The molecular weight excluding hydrogens is 726 g/mol. The van der Waals surface area contributed by atoms with E-state index in [2.05, 4.69) is 29.6 Å². The van der Waals surface area contributed by atoms with E-state index in [0.717, 1.165) is 21.5 Å². The highest BCUT2D eigenvalue weighted by Crippen LogP contribution is 2.39. The normalized spacial score (nSPS) is 13.5. The molecule has 0 fully saturated rings. The number of carbonyl (C=O) groups excluding carboxylic acids is 1. The fraction of sp³-hybridized carbons (Fsp3) is 0.326. The molecule has 5 aromatic rings. The molecule has 1 amide bonds. The average molecular weight is 780 g/mol. The van der Waals surface area contributed by atoms with Crippen molar-refractivity contribution in [3.05, 3.63) is 150 Å². The molecule has 0 saturated carbocycles. The smallest absolute Gasteiger partial charge is 0.408 e. The van der Waals surface area contributed by atoms with E-state index < -0.39 is 37.8 Å². The molecule has 7 nitrogen and oxygen atoms in total. The van der Waals surface area contributed by atoms with Crippen molar-refractivity contribution in [2.24, 2.45) is 5.41 Å². The summed E-state index contributed by atoms with van der Waals surface area (Å²) in [6, 6.07) is 43.5. The molecular formula is C46H54ClNO6Si. The molecule has 0 aliphatic heterocycles. The Morgan fingerprint density at radius 2 is 1.33 bits per heavy atom. The molecule has 0 bridgehead atoms. The summed E-state index contributed by atoms with van der Waals surface area (Å²) in [4.78, 5) is 13.5. The highest BCUT2D eigenvalue weighted by molar-refractivity contribution is 6.80. The van der Waals surface area contributed by atoms with Gasteiger partial charge in [-0.05, 0) is 91.2 Å². The molecule has 9 heteroatoms. The number of rotatable bonds is 16. The van der Waals surface area contributed by atoms with Crippen LogP contribution in [0.4, 0.5) is 4.79 Å². The number of ether oxygens (including phenoxy) is 3. The van der Waals surface area contributed by atoms with Crippen molar-refractivity contribution in [3.63, 3.8) is 0 Å². The summed E-state index contributed by atoms with van der Waals surface area (Å²) < 4.78 is 24.6. The molecule has 0 aromatic heterocycles. The first kappa shape index (κ1) is 41.6. The van der Waals surface area contributed by atoms with Gasteiger partial charge in [-0.1, -0.05) is 136 Å². The minimum atomic E-state index is -2.18. The Bertz CT molecular complexity index is 1910. The highest BCUT2D eigenvalue weighted by atomic mass is 35.5. The third kappa shape index (κ3) is 11.9. The molecule has 0 saturated heterocycles. The molecule has 5 rings (SSSR count). The first-order valence-corrected chi connectivity index (χ1v) is 20.9. The molecule has 55 heavy (non-hydrogen) atoms. The average Bonchev–Trinajstić information content (AvgIpc) is 3.14. The first-order valence-electron chi connectivity index (χ1n) is 18.9. The number of aliphatic hydroxyl groups is 1. The Hall–Kier alpha value is -4.60. The van der Waals surface area contributed by atoms with Crippen molar-refractivity contribution in [2.75, 3.05) is 6.61 Å². The molecule has 2 atom stereocenters. The zero-order chi connectivity index (χ0) is 39.5. The molecule has 2 N–H and O–H groups in total. The predicted molar refractivity (Wildman–Crippen MR) is 224 cm³/mol. The number of hydrogen-bond acceptors (Lipinski definition) is 6. The van der Waals surface area contributed by atoms with E-state index >= 15 is 0 Å². The summed E-state index contributed by atoms with van der Waals surface area (Å²) in [5.41, 5.74) is -0.405. The number of amides is 1. The number of aryl methyl sites for hydroxylation is 1. The molecule has 2 unspecified atom stereocenters. The number of aliphatic hydroxyl groups excluding tert-OH is 1. The van der Waals surface area contributed by atoms with Crippen molar-refractivity contribution in [1.29, 1.82) is 0 Å². The summed E-state index contributed by atoms with van der Waals surface area (Å²) in [7, 11) is -2.18. The quantitative estimate of drug-likeness (QED) is 0.0972. The van der Waals surface area contributed by atoms with Gasteiger partial charge in [-0.2, -0.15) is 0 Å². The SMILES string of the molecule is CC(C)(C)OC(=O)NC(CCCc1ccc(Oc2cccc(OCc3ccccc3)c2)cc1Cl)(C(O)CO[SiH](c1ccccc1)c1ccccc1)C(C)(C)C. The number of nitrogens with one attached hydrogen (secondary N) is 1. The maximum Gasteiger partial charge on any atom is 0.408 e. The minimum absolute atomic E-state index is 0.0268. The first-order chi connectivity index (χ1) is 26.2. The molecule has 0 spiro atoms. The molecule has 0 heterocycles. The summed E-state index contributed by atoms with van der Waals surface area (Å²) in [5.74, 6) is 1.95. The number of alkyl carbamates (subject to hydrolysis) is 1. The summed E-state index contributed by atoms with van der Waals surface area (Å²) in [5, 5.41) is 18.1. The van der Waals surface area contributed by atoms with Crippen LogP contribution in [0, 0.1) is 5.41 Å². The van der Waals surface area contributed by atoms with Crippen LogP contribution >= 0.6 is 11.6 Å². The summed E-state index contributed by atoms with van der Waals surface area (Å²) in [6.07, 6.45) is 0.0160. The van der Waals surface area contributed by atoms with Crippen LogP contribution < -0.4 is 25.2 Å². The number of halogens is 1. The zero-order valence-corrected chi connectivity index (χ0v) is 34.7. The van der Waals surface area contributed by atoms with Gasteiger partial charge in [0.1, 0.15) is 29.5 Å². The third-order valence-corrected chi connectivity index (χ3v) is 12.4. The maximum absolute atomic E-state index is 13.5. The van der Waals surface area contributed by atoms with Crippen LogP contribution in [0.25, 0.3) is 0 Å². The lowest BCUT2D eigenvalue weighted by molar-refractivity contribution is -0.0470. The fourth-order valence-electron chi connectivity index (χ4n) is 6.69. The number of hydrogen-bond donors (Lipinski definition) is 2. The Morgan fingerprint density at radius 3 is 1.91 bits per heavy atom. The fourth-order valence-corrected chi connectivity index (χ4v) is 9.24. The van der Waals surface area contributed by atoms with Crippen molar-refractivity contribution in [2.45, 2.75) is 84.7 Å². The lowest BCUT2D eigenvalue weighted by Crippen LogP contribution is -2.66. The van der Waals surface area contributed by atoms with Gasteiger partial charge in [-0.25, -0.2) is 4.79 Å². The van der Waals surface area contributed by atoms with E-state index in [1.807, 2.05) is 151 Å². The van der Waals surface area contributed by atoms with E-state index in [0.29, 0.717) is 48.1 Å². The monoisotopic (exact) mass is 779 g/mol. The second kappa shape index (κ2) is 18.8. The third-order valence-electron chi connectivity index (χ3n) is 9.59. The zero-order valence-electron chi connectivity index (χ0n) is 32.8. The van der Waals surface area contributed by atoms with Gasteiger partial charge < -0.3 is 29.1 Å². The van der Waals surface area contributed by atoms with Gasteiger partial charge in [0, 0.05) is 11.1 Å². The second-order valence-electron chi connectivity index (χ2n) is 15.9. The lowest BCUT2D eigenvalue weighted by Gasteiger charge is -2.49. The van der Waals surface area contributed by atoms with Crippen LogP contribution in [0.3, 0.4) is 0 Å². The van der Waals surface area contributed by atoms with Crippen LogP contribution in [-0.2, 0) is 22.2 Å². The van der Waals surface area contributed by atoms with E-state index in [1.165, 1.54) is 0 Å². The van der Waals surface area contributed by atoms with Gasteiger partial charge in [0.15, 0.2) is 0 Å². The van der Waals surface area contributed by atoms with Crippen molar-refractivity contribution >= 4 is 37.1 Å². The van der Waals surface area contributed by atoms with Gasteiger partial charge in [0.05, 0.1) is 18.2 Å². The molecule has 0 radical (unpaired) electrons. The van der Waals surface area contributed by atoms with E-state index in [-0.39, 0.29) is 6.61 Å². The van der Waals surface area contributed by atoms with Gasteiger partial charge in [0.25, 0.3) is 0 Å². The van der Waals surface area contributed by atoms with Crippen LogP contribution in [0.2, 0.25) is 5.02 Å². The lowest BCUT2D eigenvalue weighted by atomic mass is 9.67. The van der Waals surface area contributed by atoms with Crippen LogP contribution in [0.1, 0.15) is 65.5 Å². The Morgan fingerprint density at radius 1 is 0.745 bits per heavy atom. The standard InChI is InChI=1S/C46H54ClNO6Si/c1-44(2,3)46(48-43(50)54-45(4,5)6,42(49)33-52-55(39-23-12-8-13-24-39)40-25-14-9-15-26-40)29-17-20-35-27-28-38(31-41(35)47)53-37-22-16-21-36(30-37)51-32-34-18-10-7-11-19-34/h7-16,18-19,21-28,30-31,42,49,55H,17,20,29,32-33H2,1-6H3,(H,48,50). The van der Waals surface area contributed by atoms with Crippen LogP contribution in [-0.4, -0.2) is 44.1 Å². The summed E-state index contributed by atoms with van der Waals surface area (Å²) in [6.45, 7) is 12.0. The van der Waals surface area contributed by atoms with E-state index in [4.69, 9.17) is 30.2 Å². The summed E-state index contributed by atoms with van der Waals surface area (Å²) >= 11 is 6.85. The van der Waals surface area contributed by atoms with Crippen molar-refractivity contribution < 1.29 is 28.5 Å². The Labute approximate surface area is 333 Å². The molecule has 0 aliphatic rings. The van der Waals surface area contributed by atoms with Gasteiger partial charge >= 0.3 is 6.09 Å².